The largest absolute Gasteiger partial charge is 0.339 e. The van der Waals surface area contributed by atoms with Gasteiger partial charge in [-0.2, -0.15) is 4.37 Å². The molecule has 3 nitrogen and oxygen atoms in total. The molecule has 3 aromatic rings. The molecule has 0 bridgehead atoms. The van der Waals surface area contributed by atoms with Crippen LogP contribution >= 0.6 is 23.3 Å². The number of hydrogen-bond donors (Lipinski definition) is 0. The number of fused-ring (bicyclic) bond motifs is 1. The van der Waals surface area contributed by atoms with Crippen LogP contribution in [0.4, 0.5) is 4.79 Å². The van der Waals surface area contributed by atoms with Gasteiger partial charge in [0.2, 0.25) is 0 Å². The average molecular weight is 329 g/mol. The summed E-state index contributed by atoms with van der Waals surface area (Å²) in [5.74, 6) is 0. The zero-order valence-electron chi connectivity index (χ0n) is 12.7. The zero-order valence-corrected chi connectivity index (χ0v) is 14.3. The maximum atomic E-state index is 12.1. The highest BCUT2D eigenvalue weighted by atomic mass is 32.2. The minimum atomic E-state index is 0.0354. The zero-order chi connectivity index (χ0) is 15.7. The summed E-state index contributed by atoms with van der Waals surface area (Å²) in [7, 11) is 3.55. The smallest absolute Gasteiger partial charge is 0.285 e. The average Bonchev–Trinajstić information content (AvgIpc) is 2.96. The highest BCUT2D eigenvalue weighted by Crippen LogP contribution is 2.39. The third kappa shape index (κ3) is 2.87. The molecule has 1 amide bonds. The monoisotopic (exact) mass is 329 g/mol. The van der Waals surface area contributed by atoms with Crippen molar-refractivity contribution in [2.24, 2.45) is 0 Å². The molecule has 1 N–H and O–H groups in total. The number of carbonyl (C=O) groups excluding carboxylic acids is 1. The molecule has 0 saturated heterocycles. The second-order valence-corrected chi connectivity index (χ2v) is 7.19. The maximum Gasteiger partial charge on any atom is 0.285 e. The van der Waals surface area contributed by atoms with E-state index < -0.39 is 0 Å². The van der Waals surface area contributed by atoms with Gasteiger partial charge in [0, 0.05) is 24.6 Å². The Morgan fingerprint density at radius 1 is 1.14 bits per heavy atom. The Morgan fingerprint density at radius 3 is 2.55 bits per heavy atom. The van der Waals surface area contributed by atoms with Gasteiger partial charge in [0.1, 0.15) is 16.2 Å². The van der Waals surface area contributed by atoms with Gasteiger partial charge in [0.25, 0.3) is 5.24 Å². The van der Waals surface area contributed by atoms with E-state index in [2.05, 4.69) is 41.6 Å². The Bertz CT molecular complexity index is 822. The number of amides is 1. The van der Waals surface area contributed by atoms with Gasteiger partial charge in [-0.1, -0.05) is 29.8 Å². The van der Waals surface area contributed by atoms with Gasteiger partial charge in [-0.3, -0.25) is 4.79 Å². The molecule has 0 spiro atoms. The molecule has 3 rings (SSSR count). The first-order chi connectivity index (χ1) is 10.6. The number of nitrogens with one attached hydrogen (secondary N) is 1. The molecular formula is C17H17N2OS2+. The normalized spacial score (nSPS) is 10.9. The van der Waals surface area contributed by atoms with Gasteiger partial charge in [-0.15, -0.1) is 0 Å². The number of rotatable bonds is 2. The Hall–Kier alpha value is -1.85. The molecular weight excluding hydrogens is 312 g/mol. The van der Waals surface area contributed by atoms with E-state index in [0.29, 0.717) is 0 Å². The number of aryl methyl sites for hydroxylation is 1. The van der Waals surface area contributed by atoms with Crippen LogP contribution in [0, 0.1) is 6.92 Å². The third-order valence-electron chi connectivity index (χ3n) is 3.43. The lowest BCUT2D eigenvalue weighted by molar-refractivity contribution is -0.287. The van der Waals surface area contributed by atoms with Gasteiger partial charge in [-0.25, -0.2) is 0 Å². The summed E-state index contributed by atoms with van der Waals surface area (Å²) < 4.78 is 4.38. The van der Waals surface area contributed by atoms with E-state index in [4.69, 9.17) is 0 Å². The van der Waals surface area contributed by atoms with Crippen LogP contribution in [-0.4, -0.2) is 24.2 Å². The van der Waals surface area contributed by atoms with Crippen molar-refractivity contribution in [2.75, 3.05) is 14.1 Å². The summed E-state index contributed by atoms with van der Waals surface area (Å²) in [6, 6.07) is 12.5. The molecule has 0 radical (unpaired) electrons. The van der Waals surface area contributed by atoms with E-state index in [1.54, 1.807) is 30.5 Å². The van der Waals surface area contributed by atoms with Crippen molar-refractivity contribution in [2.45, 2.75) is 11.8 Å². The number of hydrogen-bond acceptors (Lipinski definition) is 3. The molecule has 0 fully saturated rings. The molecule has 0 aliphatic carbocycles. The van der Waals surface area contributed by atoms with Gasteiger partial charge < -0.3 is 4.90 Å². The van der Waals surface area contributed by atoms with Crippen molar-refractivity contribution < 1.29 is 9.17 Å². The summed E-state index contributed by atoms with van der Waals surface area (Å²) in [6.45, 7) is 2.08. The Morgan fingerprint density at radius 2 is 1.86 bits per heavy atom. The van der Waals surface area contributed by atoms with Crippen LogP contribution in [0.5, 0.6) is 0 Å². The van der Waals surface area contributed by atoms with Crippen LogP contribution in [0.25, 0.3) is 21.2 Å². The fourth-order valence-corrected chi connectivity index (χ4v) is 3.99. The number of H-pyrrole nitrogens is 1. The molecule has 1 aromatic heterocycles. The number of nitrogens with zero attached hydrogens (tertiary/aromatic N) is 1. The Labute approximate surface area is 138 Å². The second-order valence-electron chi connectivity index (χ2n) is 5.35. The first kappa shape index (κ1) is 15.1. The number of thioether (sulfide) groups is 1. The highest BCUT2D eigenvalue weighted by Gasteiger charge is 2.18. The molecule has 0 unspecified atom stereocenters. The van der Waals surface area contributed by atoms with Crippen molar-refractivity contribution in [3.05, 3.63) is 48.2 Å². The number of benzene rings is 2. The lowest BCUT2D eigenvalue weighted by atomic mass is 10.0. The molecule has 22 heavy (non-hydrogen) atoms. The SMILES string of the molecule is Cc1ccc(-c2c(SC(=O)N(C)C)ccc3c[nH+]sc23)cc1. The van der Waals surface area contributed by atoms with E-state index in [9.17, 15) is 4.79 Å². The third-order valence-corrected chi connectivity index (χ3v) is 5.41. The first-order valence-electron chi connectivity index (χ1n) is 6.95. The fraction of sp³-hybridized carbons (Fsp3) is 0.176. The standard InChI is InChI=1S/C17H16N2OS2/c1-11-4-6-12(7-5-11)15-14(21-17(20)19(2)3)9-8-13-10-18-22-16(13)15/h4-10H,1-3H3/p+1. The molecule has 0 saturated carbocycles. The summed E-state index contributed by atoms with van der Waals surface area (Å²) in [5.41, 5.74) is 3.50. The second kappa shape index (κ2) is 6.10. The molecule has 5 heteroatoms. The quantitative estimate of drug-likeness (QED) is 0.650. The minimum Gasteiger partial charge on any atom is -0.339 e. The Balaban J connectivity index is 2.17. The summed E-state index contributed by atoms with van der Waals surface area (Å²) in [5, 5.41) is 1.20. The molecule has 112 valence electrons. The van der Waals surface area contributed by atoms with Gasteiger partial charge in [-0.05, 0) is 36.4 Å². The predicted molar refractivity (Wildman–Crippen MR) is 93.5 cm³/mol. The summed E-state index contributed by atoms with van der Waals surface area (Å²) in [6.07, 6.45) is 2.00. The lowest BCUT2D eigenvalue weighted by Gasteiger charge is -2.13. The van der Waals surface area contributed by atoms with Crippen LogP contribution in [0.3, 0.4) is 0 Å². The van der Waals surface area contributed by atoms with E-state index in [1.165, 1.54) is 27.4 Å². The molecule has 0 aliphatic heterocycles. The van der Waals surface area contributed by atoms with Crippen LogP contribution in [0.2, 0.25) is 0 Å². The molecule has 0 aliphatic rings. The maximum absolute atomic E-state index is 12.1. The molecule has 2 aromatic carbocycles. The summed E-state index contributed by atoms with van der Waals surface area (Å²) >= 11 is 2.87. The van der Waals surface area contributed by atoms with E-state index in [0.717, 1.165) is 16.0 Å². The van der Waals surface area contributed by atoms with E-state index in [-0.39, 0.29) is 5.24 Å². The highest BCUT2D eigenvalue weighted by molar-refractivity contribution is 8.13. The van der Waals surface area contributed by atoms with Gasteiger partial charge in [0.05, 0.1) is 5.39 Å². The van der Waals surface area contributed by atoms with Gasteiger partial charge >= 0.3 is 0 Å². The molecule has 0 atom stereocenters. The van der Waals surface area contributed by atoms with Gasteiger partial charge in [0.15, 0.2) is 6.20 Å². The van der Waals surface area contributed by atoms with Crippen molar-refractivity contribution >= 4 is 38.6 Å². The summed E-state index contributed by atoms with van der Waals surface area (Å²) in [4.78, 5) is 14.7. The molecule has 1 heterocycles. The topological polar surface area (TPSA) is 34.5 Å². The predicted octanol–water partition coefficient (Wildman–Crippen LogP) is 4.46. The Kier molecular flexibility index (Phi) is 4.18. The number of aromatic amines is 1. The van der Waals surface area contributed by atoms with Crippen LogP contribution in [0.15, 0.2) is 47.5 Å². The lowest BCUT2D eigenvalue weighted by Crippen LogP contribution is -2.16. The van der Waals surface area contributed by atoms with Crippen LogP contribution < -0.4 is 4.37 Å². The minimum absolute atomic E-state index is 0.0354. The number of aromatic nitrogens is 1. The van der Waals surface area contributed by atoms with Crippen LogP contribution in [0.1, 0.15) is 5.56 Å². The van der Waals surface area contributed by atoms with E-state index >= 15 is 0 Å². The van der Waals surface area contributed by atoms with E-state index in [1.807, 2.05) is 12.3 Å². The first-order valence-corrected chi connectivity index (χ1v) is 8.58. The van der Waals surface area contributed by atoms with Crippen molar-refractivity contribution in [3.63, 3.8) is 0 Å². The van der Waals surface area contributed by atoms with Crippen molar-refractivity contribution in [1.82, 2.24) is 4.90 Å². The fourth-order valence-electron chi connectivity index (χ4n) is 2.22. The number of carbonyl (C=O) groups is 1. The van der Waals surface area contributed by atoms with Crippen molar-refractivity contribution in [1.29, 1.82) is 0 Å². The van der Waals surface area contributed by atoms with Crippen molar-refractivity contribution in [3.8, 4) is 11.1 Å². The van der Waals surface area contributed by atoms with Crippen LogP contribution in [-0.2, 0) is 0 Å².